The van der Waals surface area contributed by atoms with Crippen LogP contribution in [-0.4, -0.2) is 66.3 Å². The molecule has 3 unspecified atom stereocenters. The van der Waals surface area contributed by atoms with Crippen molar-refractivity contribution in [3.05, 3.63) is 0 Å². The van der Waals surface area contributed by atoms with Crippen molar-refractivity contribution in [1.82, 2.24) is 0 Å². The Balaban J connectivity index is 4.15. The highest BCUT2D eigenvalue weighted by Gasteiger charge is 2.26. The van der Waals surface area contributed by atoms with Gasteiger partial charge in [0.15, 0.2) is 0 Å². The molecule has 0 aliphatic heterocycles. The van der Waals surface area contributed by atoms with E-state index >= 15 is 0 Å². The summed E-state index contributed by atoms with van der Waals surface area (Å²) in [5.41, 5.74) is 0. The maximum atomic E-state index is 12.5. The van der Waals surface area contributed by atoms with Gasteiger partial charge in [0.25, 0.3) is 0 Å². The lowest BCUT2D eigenvalue weighted by Crippen LogP contribution is -2.29. The lowest BCUT2D eigenvalue weighted by atomic mass is 10.0. The van der Waals surface area contributed by atoms with E-state index in [0.717, 1.165) is 32.1 Å². The molecule has 0 aromatic rings. The Labute approximate surface area is 282 Å². The fourth-order valence-corrected chi connectivity index (χ4v) is 6.15. The second-order valence-electron chi connectivity index (χ2n) is 13.0. The smallest absolute Gasteiger partial charge is 0.457 e. The second kappa shape index (κ2) is 34.3. The molecular weight excluding hydrogens is 607 g/mol. The number of hydrogen-bond donors (Lipinski definition) is 3. The summed E-state index contributed by atoms with van der Waals surface area (Å²) in [7, 11) is -4.50. The Hall–Kier alpha value is -0.540. The molecule has 276 valence electrons. The third-order valence-electron chi connectivity index (χ3n) is 8.29. The van der Waals surface area contributed by atoms with E-state index in [1.807, 2.05) is 0 Å². The first kappa shape index (κ1) is 45.5. The number of aliphatic hydroxyl groups is 2. The number of carbonyl (C=O) groups is 1. The second-order valence-corrected chi connectivity index (χ2v) is 14.4. The van der Waals surface area contributed by atoms with E-state index in [0.29, 0.717) is 6.61 Å². The van der Waals surface area contributed by atoms with Crippen LogP contribution < -0.4 is 0 Å². The van der Waals surface area contributed by atoms with Crippen LogP contribution in [0.2, 0.25) is 0 Å². The van der Waals surface area contributed by atoms with Gasteiger partial charge in [-0.05, 0) is 12.8 Å². The molecule has 0 fully saturated rings. The molecule has 0 saturated heterocycles. The van der Waals surface area contributed by atoms with Crippen LogP contribution in [-0.2, 0) is 27.9 Å². The van der Waals surface area contributed by atoms with Crippen molar-refractivity contribution >= 4 is 13.8 Å². The highest BCUT2D eigenvalue weighted by Crippen LogP contribution is 2.43. The molecule has 0 spiro atoms. The molecule has 0 amide bonds. The number of ether oxygens (including phenoxy) is 2. The molecule has 46 heavy (non-hydrogen) atoms. The van der Waals surface area contributed by atoms with Crippen molar-refractivity contribution in [3.8, 4) is 0 Å². The third kappa shape index (κ3) is 33.4. The molecule has 9 nitrogen and oxygen atoms in total. The first-order valence-corrected chi connectivity index (χ1v) is 20.5. The van der Waals surface area contributed by atoms with Crippen LogP contribution in [0.3, 0.4) is 0 Å². The number of unbranched alkanes of at least 4 members (excludes halogenated alkanes) is 23. The number of carbonyl (C=O) groups excluding carboxylic acids is 1. The standard InChI is InChI=1S/C36H73O9P/c1-3-5-7-9-11-13-14-15-16-17-18-19-20-22-24-26-28-36(39)45-35(33-44-46(40,41)43-31-34(38)30-37)32-42-29-27-25-23-21-12-10-8-6-4-2/h34-35,37-38H,3-33H2,1-2H3,(H,40,41). The van der Waals surface area contributed by atoms with Crippen molar-refractivity contribution in [2.24, 2.45) is 0 Å². The maximum absolute atomic E-state index is 12.5. The van der Waals surface area contributed by atoms with Gasteiger partial charge in [0.05, 0.1) is 26.4 Å². The van der Waals surface area contributed by atoms with E-state index in [9.17, 15) is 19.4 Å². The van der Waals surface area contributed by atoms with Crippen molar-refractivity contribution in [3.63, 3.8) is 0 Å². The summed E-state index contributed by atoms with van der Waals surface area (Å²) in [5, 5.41) is 18.2. The summed E-state index contributed by atoms with van der Waals surface area (Å²) in [5.74, 6) is -0.380. The van der Waals surface area contributed by atoms with Gasteiger partial charge in [0.1, 0.15) is 12.2 Å². The zero-order valence-electron chi connectivity index (χ0n) is 29.8. The van der Waals surface area contributed by atoms with Gasteiger partial charge in [0, 0.05) is 13.0 Å². The Morgan fingerprint density at radius 2 is 0.978 bits per heavy atom. The molecular formula is C36H73O9P. The van der Waals surface area contributed by atoms with Gasteiger partial charge in [-0.2, -0.15) is 0 Å². The minimum Gasteiger partial charge on any atom is -0.457 e. The number of aliphatic hydroxyl groups excluding tert-OH is 2. The van der Waals surface area contributed by atoms with Gasteiger partial charge in [-0.3, -0.25) is 13.8 Å². The van der Waals surface area contributed by atoms with E-state index in [-0.39, 0.29) is 25.6 Å². The van der Waals surface area contributed by atoms with Gasteiger partial charge in [-0.15, -0.1) is 0 Å². The largest absolute Gasteiger partial charge is 0.472 e. The van der Waals surface area contributed by atoms with E-state index in [1.165, 1.54) is 128 Å². The Bertz CT molecular complexity index is 694. The average molecular weight is 681 g/mol. The van der Waals surface area contributed by atoms with Crippen LogP contribution in [0.4, 0.5) is 0 Å². The summed E-state index contributed by atoms with van der Waals surface area (Å²) in [6.45, 7) is 3.53. The zero-order valence-corrected chi connectivity index (χ0v) is 30.7. The summed E-state index contributed by atoms with van der Waals surface area (Å²) in [6, 6.07) is 0. The molecule has 0 aromatic carbocycles. The van der Waals surface area contributed by atoms with Crippen LogP contribution in [0.1, 0.15) is 181 Å². The van der Waals surface area contributed by atoms with E-state index < -0.39 is 33.2 Å². The minimum atomic E-state index is -4.50. The van der Waals surface area contributed by atoms with E-state index in [4.69, 9.17) is 23.6 Å². The van der Waals surface area contributed by atoms with Gasteiger partial charge in [0.2, 0.25) is 0 Å². The molecule has 0 aliphatic carbocycles. The number of phosphoric ester groups is 1. The molecule has 0 aliphatic rings. The van der Waals surface area contributed by atoms with Gasteiger partial charge >= 0.3 is 13.8 Å². The predicted molar refractivity (Wildman–Crippen MR) is 187 cm³/mol. The van der Waals surface area contributed by atoms with Crippen molar-refractivity contribution in [1.29, 1.82) is 0 Å². The summed E-state index contributed by atoms with van der Waals surface area (Å²) >= 11 is 0. The van der Waals surface area contributed by atoms with Crippen LogP contribution in [0.15, 0.2) is 0 Å². The molecule has 0 saturated carbocycles. The lowest BCUT2D eigenvalue weighted by Gasteiger charge is -2.20. The van der Waals surface area contributed by atoms with Crippen molar-refractivity contribution in [2.75, 3.05) is 33.0 Å². The van der Waals surface area contributed by atoms with Gasteiger partial charge in [-0.1, -0.05) is 162 Å². The molecule has 0 heterocycles. The highest BCUT2D eigenvalue weighted by atomic mass is 31.2. The molecule has 0 rings (SSSR count). The van der Waals surface area contributed by atoms with Crippen LogP contribution in [0, 0.1) is 0 Å². The quantitative estimate of drug-likeness (QED) is 0.0333. The predicted octanol–water partition coefficient (Wildman–Crippen LogP) is 9.58. The summed E-state index contributed by atoms with van der Waals surface area (Å²) < 4.78 is 33.2. The van der Waals surface area contributed by atoms with Crippen LogP contribution >= 0.6 is 7.82 Å². The lowest BCUT2D eigenvalue weighted by molar-refractivity contribution is -0.154. The Kier molecular flexibility index (Phi) is 33.9. The molecule has 0 radical (unpaired) electrons. The zero-order chi connectivity index (χ0) is 34.0. The topological polar surface area (TPSA) is 132 Å². The molecule has 3 N–H and O–H groups in total. The van der Waals surface area contributed by atoms with Gasteiger partial charge < -0.3 is 24.6 Å². The van der Waals surface area contributed by atoms with E-state index in [2.05, 4.69) is 13.8 Å². The number of phosphoric acid groups is 1. The van der Waals surface area contributed by atoms with Gasteiger partial charge in [-0.25, -0.2) is 4.57 Å². The Morgan fingerprint density at radius 1 is 0.587 bits per heavy atom. The average Bonchev–Trinajstić information content (AvgIpc) is 3.04. The van der Waals surface area contributed by atoms with Crippen molar-refractivity contribution < 1.29 is 43.0 Å². The molecule has 10 heteroatoms. The molecule has 3 atom stereocenters. The molecule has 0 bridgehead atoms. The minimum absolute atomic E-state index is 0.0565. The first-order chi connectivity index (χ1) is 22.3. The Morgan fingerprint density at radius 3 is 1.41 bits per heavy atom. The SMILES string of the molecule is CCCCCCCCCCCCCCCCCCC(=O)OC(COCCCCCCCCCCC)COP(=O)(O)OCC(O)CO. The maximum Gasteiger partial charge on any atom is 0.472 e. The number of rotatable bonds is 37. The van der Waals surface area contributed by atoms with E-state index in [1.54, 1.807) is 0 Å². The normalized spacial score (nSPS) is 14.3. The van der Waals surface area contributed by atoms with Crippen LogP contribution in [0.25, 0.3) is 0 Å². The first-order valence-electron chi connectivity index (χ1n) is 19.0. The highest BCUT2D eigenvalue weighted by molar-refractivity contribution is 7.47. The summed E-state index contributed by atoms with van der Waals surface area (Å²) in [4.78, 5) is 22.4. The fourth-order valence-electron chi connectivity index (χ4n) is 5.36. The van der Waals surface area contributed by atoms with Crippen LogP contribution in [0.5, 0.6) is 0 Å². The van der Waals surface area contributed by atoms with Crippen molar-refractivity contribution in [2.45, 2.75) is 193 Å². The number of hydrogen-bond acceptors (Lipinski definition) is 8. The number of esters is 1. The fraction of sp³-hybridized carbons (Fsp3) is 0.972. The monoisotopic (exact) mass is 680 g/mol. The molecule has 0 aromatic heterocycles. The third-order valence-corrected chi connectivity index (χ3v) is 9.24. The summed E-state index contributed by atoms with van der Waals surface area (Å²) in [6.07, 6.45) is 29.2.